The van der Waals surface area contributed by atoms with E-state index in [2.05, 4.69) is 0 Å². The summed E-state index contributed by atoms with van der Waals surface area (Å²) in [6.07, 6.45) is 2.35. The maximum Gasteiger partial charge on any atom is 0.416 e. The molecule has 0 bridgehead atoms. The summed E-state index contributed by atoms with van der Waals surface area (Å²) in [6, 6.07) is 0. The number of hydrogen-bond acceptors (Lipinski definition) is 3. The van der Waals surface area contributed by atoms with Crippen LogP contribution in [0.3, 0.4) is 0 Å². The molecule has 13 heavy (non-hydrogen) atoms. The van der Waals surface area contributed by atoms with E-state index in [4.69, 9.17) is 4.74 Å². The topological polar surface area (TPSA) is 46.6 Å². The van der Waals surface area contributed by atoms with Crippen LogP contribution < -0.4 is 0 Å². The molecule has 2 amide bonds. The van der Waals surface area contributed by atoms with E-state index in [1.54, 1.807) is 6.54 Å². The zero-order valence-electron chi connectivity index (χ0n) is 7.78. The Morgan fingerprint density at radius 3 is 3.00 bits per heavy atom. The second kappa shape index (κ2) is 4.84. The number of likely N-dealkylation sites (tertiary alicyclic amines) is 1. The van der Waals surface area contributed by atoms with Gasteiger partial charge in [-0.3, -0.25) is 4.79 Å². The Labute approximate surface area is 77.8 Å². The molecule has 0 aliphatic carbocycles. The van der Waals surface area contributed by atoms with Gasteiger partial charge in [-0.05, 0) is 12.8 Å². The number of unbranched alkanes of at least 4 members (excludes halogenated alkanes) is 1. The molecule has 0 aromatic heterocycles. The molecule has 1 rings (SSSR count). The standard InChI is InChI=1S/C9H14NO3/c1-2-3-7-13-9(12)10-6-4-5-8(10)11/h6H,2-5,7H2,1H3. The number of amides is 2. The summed E-state index contributed by atoms with van der Waals surface area (Å²) >= 11 is 0. The van der Waals surface area contributed by atoms with Gasteiger partial charge in [-0.2, -0.15) is 0 Å². The summed E-state index contributed by atoms with van der Waals surface area (Å²) in [4.78, 5) is 23.3. The number of ether oxygens (including phenoxy) is 1. The van der Waals surface area contributed by atoms with Crippen LogP contribution in [0.15, 0.2) is 0 Å². The molecule has 0 aromatic carbocycles. The molecular formula is C9H14NO3. The quantitative estimate of drug-likeness (QED) is 0.627. The van der Waals surface area contributed by atoms with Crippen molar-refractivity contribution in [3.8, 4) is 0 Å². The van der Waals surface area contributed by atoms with E-state index in [0.29, 0.717) is 19.4 Å². The molecule has 1 aliphatic heterocycles. The molecule has 1 aliphatic rings. The largest absolute Gasteiger partial charge is 0.449 e. The highest BCUT2D eigenvalue weighted by molar-refractivity contribution is 5.94. The normalized spacial score (nSPS) is 16.4. The molecule has 0 atom stereocenters. The predicted molar refractivity (Wildman–Crippen MR) is 46.6 cm³/mol. The SMILES string of the molecule is CCCCOC(=O)N1[CH]CCC1=O. The first kappa shape index (κ1) is 10.0. The van der Waals surface area contributed by atoms with E-state index in [-0.39, 0.29) is 5.91 Å². The Morgan fingerprint density at radius 2 is 2.46 bits per heavy atom. The lowest BCUT2D eigenvalue weighted by atomic mass is 10.4. The molecule has 1 heterocycles. The van der Waals surface area contributed by atoms with Crippen molar-refractivity contribution in [2.24, 2.45) is 0 Å². The first-order valence-electron chi connectivity index (χ1n) is 4.58. The summed E-state index contributed by atoms with van der Waals surface area (Å²) in [5, 5.41) is 0. The van der Waals surface area contributed by atoms with Crippen molar-refractivity contribution < 1.29 is 14.3 Å². The lowest BCUT2D eigenvalue weighted by Gasteiger charge is -2.12. The number of carbonyl (C=O) groups excluding carboxylic acids is 2. The van der Waals surface area contributed by atoms with Crippen LogP contribution in [0.1, 0.15) is 32.6 Å². The monoisotopic (exact) mass is 184 g/mol. The van der Waals surface area contributed by atoms with Crippen LogP contribution in [0, 0.1) is 6.54 Å². The van der Waals surface area contributed by atoms with Gasteiger partial charge in [0.05, 0.1) is 13.2 Å². The number of rotatable bonds is 3. The van der Waals surface area contributed by atoms with E-state index in [9.17, 15) is 9.59 Å². The first-order valence-corrected chi connectivity index (χ1v) is 4.58. The first-order chi connectivity index (χ1) is 6.25. The van der Waals surface area contributed by atoms with E-state index in [1.807, 2.05) is 6.92 Å². The Hall–Kier alpha value is -1.06. The number of imide groups is 1. The van der Waals surface area contributed by atoms with Gasteiger partial charge in [0, 0.05) is 6.42 Å². The zero-order valence-corrected chi connectivity index (χ0v) is 7.78. The third-order valence-corrected chi connectivity index (χ3v) is 1.86. The maximum absolute atomic E-state index is 11.2. The minimum absolute atomic E-state index is 0.165. The van der Waals surface area contributed by atoms with Gasteiger partial charge in [0.15, 0.2) is 0 Å². The van der Waals surface area contributed by atoms with Gasteiger partial charge in [-0.1, -0.05) is 13.3 Å². The molecule has 0 unspecified atom stereocenters. The Bertz CT molecular complexity index is 203. The molecule has 0 saturated carbocycles. The Balaban J connectivity index is 2.26. The Morgan fingerprint density at radius 1 is 1.69 bits per heavy atom. The van der Waals surface area contributed by atoms with Crippen molar-refractivity contribution in [2.45, 2.75) is 32.6 Å². The van der Waals surface area contributed by atoms with Crippen LogP contribution in [-0.4, -0.2) is 23.5 Å². The van der Waals surface area contributed by atoms with Gasteiger partial charge in [0.2, 0.25) is 5.91 Å². The van der Waals surface area contributed by atoms with Gasteiger partial charge in [-0.15, -0.1) is 0 Å². The highest BCUT2D eigenvalue weighted by Gasteiger charge is 2.27. The average molecular weight is 184 g/mol. The molecule has 4 heteroatoms. The van der Waals surface area contributed by atoms with E-state index in [1.165, 1.54) is 0 Å². The molecule has 1 radical (unpaired) electrons. The van der Waals surface area contributed by atoms with Crippen molar-refractivity contribution in [2.75, 3.05) is 6.61 Å². The third kappa shape index (κ3) is 2.72. The van der Waals surface area contributed by atoms with Crippen molar-refractivity contribution >= 4 is 12.0 Å². The summed E-state index contributed by atoms with van der Waals surface area (Å²) in [6.45, 7) is 3.99. The summed E-state index contributed by atoms with van der Waals surface area (Å²) in [7, 11) is 0. The van der Waals surface area contributed by atoms with Gasteiger partial charge in [0.25, 0.3) is 0 Å². The van der Waals surface area contributed by atoms with Crippen LogP contribution in [0.2, 0.25) is 0 Å². The molecule has 1 saturated heterocycles. The fourth-order valence-electron chi connectivity index (χ4n) is 1.09. The highest BCUT2D eigenvalue weighted by atomic mass is 16.6. The van der Waals surface area contributed by atoms with Crippen molar-refractivity contribution in [1.29, 1.82) is 0 Å². The minimum atomic E-state index is -0.532. The van der Waals surface area contributed by atoms with Gasteiger partial charge in [-0.25, -0.2) is 9.69 Å². The number of hydrogen-bond donors (Lipinski definition) is 0. The molecule has 1 fully saturated rings. The number of carbonyl (C=O) groups is 2. The third-order valence-electron chi connectivity index (χ3n) is 1.86. The van der Waals surface area contributed by atoms with E-state index >= 15 is 0 Å². The molecule has 0 spiro atoms. The summed E-state index contributed by atoms with van der Waals surface area (Å²) in [5.74, 6) is -0.165. The van der Waals surface area contributed by atoms with Crippen LogP contribution in [0.4, 0.5) is 4.79 Å². The minimum Gasteiger partial charge on any atom is -0.449 e. The van der Waals surface area contributed by atoms with E-state index < -0.39 is 6.09 Å². The van der Waals surface area contributed by atoms with Crippen LogP contribution in [0.25, 0.3) is 0 Å². The van der Waals surface area contributed by atoms with Crippen molar-refractivity contribution in [3.05, 3.63) is 6.54 Å². The lowest BCUT2D eigenvalue weighted by molar-refractivity contribution is -0.125. The van der Waals surface area contributed by atoms with Crippen LogP contribution in [0.5, 0.6) is 0 Å². The molecular weight excluding hydrogens is 170 g/mol. The second-order valence-corrected chi connectivity index (χ2v) is 2.95. The molecule has 4 nitrogen and oxygen atoms in total. The highest BCUT2D eigenvalue weighted by Crippen LogP contribution is 2.15. The van der Waals surface area contributed by atoms with Gasteiger partial charge < -0.3 is 4.74 Å². The molecule has 73 valence electrons. The van der Waals surface area contributed by atoms with Crippen LogP contribution in [-0.2, 0) is 9.53 Å². The average Bonchev–Trinajstić information content (AvgIpc) is 2.52. The van der Waals surface area contributed by atoms with E-state index in [0.717, 1.165) is 17.7 Å². The lowest BCUT2D eigenvalue weighted by Crippen LogP contribution is -2.30. The Kier molecular flexibility index (Phi) is 3.73. The smallest absolute Gasteiger partial charge is 0.416 e. The summed E-state index contributed by atoms with van der Waals surface area (Å²) in [5.41, 5.74) is 0. The second-order valence-electron chi connectivity index (χ2n) is 2.95. The van der Waals surface area contributed by atoms with Crippen LogP contribution >= 0.6 is 0 Å². The maximum atomic E-state index is 11.2. The zero-order chi connectivity index (χ0) is 9.68. The van der Waals surface area contributed by atoms with Crippen molar-refractivity contribution in [3.63, 3.8) is 0 Å². The molecule has 0 N–H and O–H groups in total. The molecule has 0 aromatic rings. The van der Waals surface area contributed by atoms with Gasteiger partial charge >= 0.3 is 6.09 Å². The fraction of sp³-hybridized carbons (Fsp3) is 0.667. The summed E-state index contributed by atoms with van der Waals surface area (Å²) < 4.78 is 4.87. The predicted octanol–water partition coefficient (Wildman–Crippen LogP) is 1.71. The van der Waals surface area contributed by atoms with Crippen molar-refractivity contribution in [1.82, 2.24) is 4.90 Å². The number of nitrogens with zero attached hydrogens (tertiary/aromatic N) is 1. The van der Waals surface area contributed by atoms with Gasteiger partial charge in [0.1, 0.15) is 0 Å². The fourth-order valence-corrected chi connectivity index (χ4v) is 1.09.